The van der Waals surface area contributed by atoms with Crippen LogP contribution in [-0.4, -0.2) is 46.2 Å². The molecule has 4 rings (SSSR count). The Morgan fingerprint density at radius 1 is 1.13 bits per heavy atom. The molecule has 0 saturated carbocycles. The molecule has 1 aromatic carbocycles. The zero-order chi connectivity index (χ0) is 21.1. The number of hydrogen-bond acceptors (Lipinski definition) is 8. The van der Waals surface area contributed by atoms with Crippen LogP contribution < -0.4 is 10.0 Å². The van der Waals surface area contributed by atoms with Gasteiger partial charge in [-0.05, 0) is 26.0 Å². The Labute approximate surface area is 173 Å². The van der Waals surface area contributed by atoms with Gasteiger partial charge in [-0.25, -0.2) is 28.1 Å². The van der Waals surface area contributed by atoms with Crippen molar-refractivity contribution in [3.8, 4) is 5.82 Å². The molecule has 0 aliphatic rings. The summed E-state index contributed by atoms with van der Waals surface area (Å²) in [6.45, 7) is 4.24. The normalized spacial score (nSPS) is 11.8. The monoisotopic (exact) mass is 427 g/mol. The zero-order valence-corrected chi connectivity index (χ0v) is 17.3. The van der Waals surface area contributed by atoms with Crippen molar-refractivity contribution in [1.82, 2.24) is 29.4 Å². The number of aromatic nitrogens is 5. The van der Waals surface area contributed by atoms with E-state index in [9.17, 15) is 8.42 Å². The number of aryl methyl sites for hydroxylation is 2. The van der Waals surface area contributed by atoms with Gasteiger partial charge in [-0.2, -0.15) is 0 Å². The maximum atomic E-state index is 12.4. The summed E-state index contributed by atoms with van der Waals surface area (Å²) in [6, 6.07) is 8.95. The largest absolute Gasteiger partial charge is 0.369 e. The lowest BCUT2D eigenvalue weighted by Gasteiger charge is -2.10. The van der Waals surface area contributed by atoms with E-state index < -0.39 is 10.0 Å². The molecule has 10 nitrogen and oxygen atoms in total. The molecule has 4 aromatic rings. The molecule has 3 heterocycles. The Morgan fingerprint density at radius 2 is 1.97 bits per heavy atom. The molecule has 30 heavy (non-hydrogen) atoms. The van der Waals surface area contributed by atoms with Gasteiger partial charge < -0.3 is 9.84 Å². The first kappa shape index (κ1) is 20.0. The van der Waals surface area contributed by atoms with Crippen molar-refractivity contribution in [2.45, 2.75) is 19.6 Å². The van der Waals surface area contributed by atoms with E-state index in [4.69, 9.17) is 4.52 Å². The Bertz CT molecular complexity index is 1280. The summed E-state index contributed by atoms with van der Waals surface area (Å²) in [5, 5.41) is 7.69. The maximum absolute atomic E-state index is 12.4. The van der Waals surface area contributed by atoms with Gasteiger partial charge in [-0.1, -0.05) is 17.3 Å². The highest BCUT2D eigenvalue weighted by Crippen LogP contribution is 2.19. The number of nitrogens with zero attached hydrogens (tertiary/aromatic N) is 5. The topological polar surface area (TPSA) is 128 Å². The lowest BCUT2D eigenvalue weighted by Crippen LogP contribution is -2.30. The van der Waals surface area contributed by atoms with Gasteiger partial charge in [-0.3, -0.25) is 4.57 Å². The molecular weight excluding hydrogens is 406 g/mol. The summed E-state index contributed by atoms with van der Waals surface area (Å²) in [5.41, 5.74) is 0.949. The van der Waals surface area contributed by atoms with E-state index in [1.54, 1.807) is 31.3 Å². The number of benzene rings is 1. The van der Waals surface area contributed by atoms with Crippen LogP contribution >= 0.6 is 0 Å². The Balaban J connectivity index is 1.35. The molecule has 0 unspecified atom stereocenters. The number of para-hydroxylation sites is 1. The van der Waals surface area contributed by atoms with Crippen LogP contribution in [0.15, 0.2) is 47.2 Å². The number of sulfonamides is 1. The summed E-state index contributed by atoms with van der Waals surface area (Å²) in [4.78, 5) is 13.0. The van der Waals surface area contributed by atoms with E-state index in [-0.39, 0.29) is 12.3 Å². The van der Waals surface area contributed by atoms with Gasteiger partial charge in [0.05, 0.1) is 0 Å². The van der Waals surface area contributed by atoms with E-state index in [0.29, 0.717) is 40.7 Å². The number of nitrogens with one attached hydrogen (secondary N) is 2. The molecule has 3 aromatic heterocycles. The molecule has 0 atom stereocenters. The fourth-order valence-electron chi connectivity index (χ4n) is 3.06. The average Bonchev–Trinajstić information content (AvgIpc) is 3.31. The average molecular weight is 427 g/mol. The number of imidazole rings is 1. The summed E-state index contributed by atoms with van der Waals surface area (Å²) in [7, 11) is -3.57. The molecule has 0 fully saturated rings. The Morgan fingerprint density at radius 3 is 2.77 bits per heavy atom. The van der Waals surface area contributed by atoms with Gasteiger partial charge >= 0.3 is 0 Å². The molecule has 156 valence electrons. The summed E-state index contributed by atoms with van der Waals surface area (Å²) < 4.78 is 34.4. The van der Waals surface area contributed by atoms with Crippen molar-refractivity contribution in [1.29, 1.82) is 0 Å². The summed E-state index contributed by atoms with van der Waals surface area (Å²) in [5.74, 6) is 2.46. The highest BCUT2D eigenvalue weighted by molar-refractivity contribution is 7.88. The minimum absolute atomic E-state index is 0.195. The van der Waals surface area contributed by atoms with Gasteiger partial charge in [0, 0.05) is 36.9 Å². The third kappa shape index (κ3) is 4.47. The van der Waals surface area contributed by atoms with Crippen LogP contribution in [0.2, 0.25) is 0 Å². The third-order valence-corrected chi connectivity index (χ3v) is 5.73. The van der Waals surface area contributed by atoms with Crippen LogP contribution in [0.5, 0.6) is 0 Å². The maximum Gasteiger partial charge on any atom is 0.217 e. The second-order valence-electron chi connectivity index (χ2n) is 6.71. The fraction of sp³-hybridized carbons (Fsp3) is 0.263. The van der Waals surface area contributed by atoms with Gasteiger partial charge in [-0.15, -0.1) is 0 Å². The first-order valence-electron chi connectivity index (χ1n) is 9.32. The second kappa shape index (κ2) is 8.20. The molecule has 2 N–H and O–H groups in total. The lowest BCUT2D eigenvalue weighted by atomic mass is 10.2. The molecule has 0 saturated heterocycles. The van der Waals surface area contributed by atoms with Crippen LogP contribution in [0.3, 0.4) is 0 Å². The lowest BCUT2D eigenvalue weighted by molar-refractivity contribution is 0.448. The van der Waals surface area contributed by atoms with E-state index in [1.165, 1.54) is 0 Å². The van der Waals surface area contributed by atoms with Crippen LogP contribution in [0.1, 0.15) is 17.3 Å². The first-order chi connectivity index (χ1) is 14.4. The van der Waals surface area contributed by atoms with Crippen LogP contribution in [0, 0.1) is 13.8 Å². The van der Waals surface area contributed by atoms with E-state index in [1.807, 2.05) is 29.8 Å². The zero-order valence-electron chi connectivity index (χ0n) is 16.5. The van der Waals surface area contributed by atoms with Crippen LogP contribution in [-0.2, 0) is 15.8 Å². The van der Waals surface area contributed by atoms with E-state index >= 15 is 0 Å². The highest BCUT2D eigenvalue weighted by Gasteiger charge is 2.17. The molecule has 0 amide bonds. The minimum atomic E-state index is -3.57. The number of rotatable bonds is 8. The smallest absolute Gasteiger partial charge is 0.217 e. The van der Waals surface area contributed by atoms with Crippen molar-refractivity contribution in [2.75, 3.05) is 18.4 Å². The van der Waals surface area contributed by atoms with Gasteiger partial charge in [0.2, 0.25) is 10.0 Å². The van der Waals surface area contributed by atoms with Crippen LogP contribution in [0.4, 0.5) is 5.82 Å². The summed E-state index contributed by atoms with van der Waals surface area (Å²) >= 11 is 0. The standard InChI is InChI=1S/C19H21N7O3S/c1-13-23-18(11-19(24-13)26-10-9-20-14(26)2)21-7-8-22-30(27,28)12-16-15-5-3-4-6-17(15)29-25-16/h3-6,9-11,22H,7-8,12H2,1-2H3,(H,21,23,24). The highest BCUT2D eigenvalue weighted by atomic mass is 32.2. The number of anilines is 1. The molecule has 0 spiro atoms. The Hall–Kier alpha value is -3.31. The van der Waals surface area contributed by atoms with Crippen molar-refractivity contribution in [3.05, 3.63) is 60.1 Å². The fourth-order valence-corrected chi connectivity index (χ4v) is 4.14. The Kier molecular flexibility index (Phi) is 5.46. The quantitative estimate of drug-likeness (QED) is 0.408. The van der Waals surface area contributed by atoms with Gasteiger partial charge in [0.1, 0.15) is 34.7 Å². The molecule has 0 aliphatic heterocycles. The number of hydrogen-bond donors (Lipinski definition) is 2. The molecule has 0 radical (unpaired) electrons. The second-order valence-corrected chi connectivity index (χ2v) is 8.52. The van der Waals surface area contributed by atoms with Crippen molar-refractivity contribution in [2.24, 2.45) is 0 Å². The van der Waals surface area contributed by atoms with E-state index in [0.717, 1.165) is 5.82 Å². The van der Waals surface area contributed by atoms with Crippen molar-refractivity contribution >= 4 is 26.8 Å². The van der Waals surface area contributed by atoms with Crippen molar-refractivity contribution < 1.29 is 12.9 Å². The minimum Gasteiger partial charge on any atom is -0.369 e. The SMILES string of the molecule is Cc1nc(NCCNS(=O)(=O)Cc2noc3ccccc23)cc(-n2ccnc2C)n1. The van der Waals surface area contributed by atoms with Gasteiger partial charge in [0.25, 0.3) is 0 Å². The molecule has 11 heteroatoms. The molecule has 0 bridgehead atoms. The predicted molar refractivity (Wildman–Crippen MR) is 112 cm³/mol. The molecule has 0 aliphatic carbocycles. The van der Waals surface area contributed by atoms with Crippen LogP contribution in [0.25, 0.3) is 16.8 Å². The predicted octanol–water partition coefficient (Wildman–Crippen LogP) is 1.95. The van der Waals surface area contributed by atoms with Gasteiger partial charge in [0.15, 0.2) is 5.58 Å². The number of fused-ring (bicyclic) bond motifs is 1. The molecular formula is C19H21N7O3S. The van der Waals surface area contributed by atoms with E-state index in [2.05, 4.69) is 30.1 Å². The first-order valence-corrected chi connectivity index (χ1v) is 11.0. The summed E-state index contributed by atoms with van der Waals surface area (Å²) in [6.07, 6.45) is 3.52. The third-order valence-electron chi connectivity index (χ3n) is 4.43. The van der Waals surface area contributed by atoms with Crippen molar-refractivity contribution in [3.63, 3.8) is 0 Å².